The minimum atomic E-state index is -0.779. The van der Waals surface area contributed by atoms with Crippen molar-refractivity contribution in [2.75, 3.05) is 6.54 Å². The first-order valence-electron chi connectivity index (χ1n) is 6.09. The van der Waals surface area contributed by atoms with Crippen LogP contribution >= 0.6 is 12.2 Å². The van der Waals surface area contributed by atoms with Crippen LogP contribution in [0.25, 0.3) is 0 Å². The van der Waals surface area contributed by atoms with Crippen molar-refractivity contribution in [2.45, 2.75) is 26.2 Å². The number of hydrogen-bond acceptors (Lipinski definition) is 2. The van der Waals surface area contributed by atoms with Crippen LogP contribution in [0.4, 0.5) is 0 Å². The van der Waals surface area contributed by atoms with Crippen LogP contribution in [0.3, 0.4) is 0 Å². The molecule has 18 heavy (non-hydrogen) atoms. The lowest BCUT2D eigenvalue weighted by Crippen LogP contribution is -2.46. The summed E-state index contributed by atoms with van der Waals surface area (Å²) in [6.45, 7) is 4.15. The number of carbonyl (C=O) groups is 1. The Hall–Kier alpha value is -1.42. The van der Waals surface area contributed by atoms with Crippen molar-refractivity contribution >= 4 is 23.1 Å². The third-order valence-corrected chi connectivity index (χ3v) is 4.16. The van der Waals surface area contributed by atoms with Crippen molar-refractivity contribution in [1.29, 1.82) is 0 Å². The van der Waals surface area contributed by atoms with Crippen molar-refractivity contribution in [3.05, 3.63) is 35.4 Å². The highest BCUT2D eigenvalue weighted by molar-refractivity contribution is 7.80. The molecule has 0 saturated carbocycles. The summed E-state index contributed by atoms with van der Waals surface area (Å²) in [5, 5.41) is 2.94. The minimum absolute atomic E-state index is 0.0978. The van der Waals surface area contributed by atoms with Gasteiger partial charge in [-0.05, 0) is 31.4 Å². The lowest BCUT2D eigenvalue weighted by atomic mass is 9.77. The first kappa shape index (κ1) is 13.0. The Morgan fingerprint density at radius 2 is 2.17 bits per heavy atom. The lowest BCUT2D eigenvalue weighted by molar-refractivity contribution is -0.126. The molecule has 1 unspecified atom stereocenters. The largest absolute Gasteiger partial charge is 0.392 e. The molecule has 1 aliphatic rings. The molecule has 0 saturated heterocycles. The second kappa shape index (κ2) is 4.69. The van der Waals surface area contributed by atoms with E-state index in [-0.39, 0.29) is 10.9 Å². The molecule has 1 amide bonds. The van der Waals surface area contributed by atoms with Gasteiger partial charge in [-0.15, -0.1) is 0 Å². The fourth-order valence-corrected chi connectivity index (χ4v) is 2.19. The molecule has 4 heteroatoms. The zero-order valence-electron chi connectivity index (χ0n) is 10.7. The molecule has 1 aromatic rings. The average molecular weight is 262 g/mol. The Morgan fingerprint density at radius 1 is 1.50 bits per heavy atom. The number of amides is 1. The molecule has 2 rings (SSSR count). The number of carbonyl (C=O) groups excluding carboxylic acids is 1. The van der Waals surface area contributed by atoms with Gasteiger partial charge in [0, 0.05) is 12.5 Å². The van der Waals surface area contributed by atoms with Crippen LogP contribution in [0, 0.1) is 5.41 Å². The van der Waals surface area contributed by atoms with Crippen molar-refractivity contribution in [3.63, 3.8) is 0 Å². The molecule has 0 heterocycles. The molecule has 1 aliphatic carbocycles. The number of rotatable bonds is 4. The highest BCUT2D eigenvalue weighted by Gasteiger charge is 2.32. The second-order valence-electron chi connectivity index (χ2n) is 5.30. The molecule has 0 spiro atoms. The van der Waals surface area contributed by atoms with E-state index in [9.17, 15) is 4.79 Å². The lowest BCUT2D eigenvalue weighted by Gasteiger charge is -2.31. The van der Waals surface area contributed by atoms with Gasteiger partial charge in [0.05, 0.1) is 10.4 Å². The van der Waals surface area contributed by atoms with Gasteiger partial charge >= 0.3 is 0 Å². The summed E-state index contributed by atoms with van der Waals surface area (Å²) in [5.41, 5.74) is 7.51. The third kappa shape index (κ3) is 2.25. The molecule has 3 nitrogen and oxygen atoms in total. The van der Waals surface area contributed by atoms with Gasteiger partial charge in [0.2, 0.25) is 5.91 Å². The molecule has 0 aromatic heterocycles. The molecular formula is C14H18N2OS. The van der Waals surface area contributed by atoms with Crippen LogP contribution in [0.2, 0.25) is 0 Å². The van der Waals surface area contributed by atoms with E-state index in [1.54, 1.807) is 13.8 Å². The number of nitrogens with two attached hydrogens (primary N) is 1. The molecule has 96 valence electrons. The summed E-state index contributed by atoms with van der Waals surface area (Å²) in [6, 6.07) is 8.33. The van der Waals surface area contributed by atoms with Gasteiger partial charge in [0.15, 0.2) is 0 Å². The number of fused-ring (bicyclic) bond motifs is 1. The van der Waals surface area contributed by atoms with Crippen LogP contribution in [-0.4, -0.2) is 17.4 Å². The molecule has 0 aliphatic heterocycles. The molecule has 1 aromatic carbocycles. The van der Waals surface area contributed by atoms with Crippen LogP contribution < -0.4 is 11.1 Å². The highest BCUT2D eigenvalue weighted by atomic mass is 32.1. The third-order valence-electron chi connectivity index (χ3n) is 3.65. The molecule has 0 fully saturated rings. The number of thiocarbonyl (C=S) groups is 1. The Bertz CT molecular complexity index is 496. The first-order valence-corrected chi connectivity index (χ1v) is 6.49. The molecule has 0 bridgehead atoms. The number of nitrogens with one attached hydrogen (secondary N) is 1. The maximum atomic E-state index is 12.0. The van der Waals surface area contributed by atoms with Gasteiger partial charge in [-0.3, -0.25) is 4.79 Å². The summed E-state index contributed by atoms with van der Waals surface area (Å²) < 4.78 is 0. The topological polar surface area (TPSA) is 55.1 Å². The fraction of sp³-hybridized carbons (Fsp3) is 0.429. The van der Waals surface area contributed by atoms with Gasteiger partial charge in [-0.1, -0.05) is 36.5 Å². The maximum absolute atomic E-state index is 12.0. The normalized spacial score (nSPS) is 17.6. The number of hydrogen-bond donors (Lipinski definition) is 2. The van der Waals surface area contributed by atoms with Crippen molar-refractivity contribution < 1.29 is 4.79 Å². The van der Waals surface area contributed by atoms with Gasteiger partial charge in [0.25, 0.3) is 0 Å². The van der Waals surface area contributed by atoms with Crippen molar-refractivity contribution in [1.82, 2.24) is 5.32 Å². The zero-order chi connectivity index (χ0) is 13.3. The standard InChI is InChI=1S/C14H18N2OS/c1-14(2,12(15)18)13(17)16-8-10-7-9-5-3-4-6-11(9)10/h3-6,10H,7-8H2,1-2H3,(H2,15,18)(H,16,17). The van der Waals surface area contributed by atoms with E-state index >= 15 is 0 Å². The highest BCUT2D eigenvalue weighted by Crippen LogP contribution is 2.34. The van der Waals surface area contributed by atoms with Gasteiger partial charge in [0.1, 0.15) is 0 Å². The molecule has 0 radical (unpaired) electrons. The molecule has 3 N–H and O–H groups in total. The molecule has 1 atom stereocenters. The van der Waals surface area contributed by atoms with E-state index in [2.05, 4.69) is 17.4 Å². The van der Waals surface area contributed by atoms with E-state index in [1.807, 2.05) is 12.1 Å². The second-order valence-corrected chi connectivity index (χ2v) is 5.74. The first-order chi connectivity index (χ1) is 8.43. The van der Waals surface area contributed by atoms with Gasteiger partial charge in [-0.2, -0.15) is 0 Å². The quantitative estimate of drug-likeness (QED) is 0.813. The van der Waals surface area contributed by atoms with Gasteiger partial charge < -0.3 is 11.1 Å². The fourth-order valence-electron chi connectivity index (χ4n) is 2.09. The minimum Gasteiger partial charge on any atom is -0.392 e. The summed E-state index contributed by atoms with van der Waals surface area (Å²) >= 11 is 4.91. The summed E-state index contributed by atoms with van der Waals surface area (Å²) in [5.74, 6) is 0.326. The maximum Gasteiger partial charge on any atom is 0.232 e. The Labute approximate surface area is 113 Å². The van der Waals surface area contributed by atoms with Crippen LogP contribution in [0.15, 0.2) is 24.3 Å². The monoisotopic (exact) mass is 262 g/mol. The van der Waals surface area contributed by atoms with Gasteiger partial charge in [-0.25, -0.2) is 0 Å². The van der Waals surface area contributed by atoms with E-state index in [4.69, 9.17) is 18.0 Å². The predicted octanol–water partition coefficient (Wildman–Crippen LogP) is 1.75. The van der Waals surface area contributed by atoms with E-state index in [1.165, 1.54) is 11.1 Å². The van der Waals surface area contributed by atoms with E-state index < -0.39 is 5.41 Å². The van der Waals surface area contributed by atoms with Crippen LogP contribution in [-0.2, 0) is 11.2 Å². The van der Waals surface area contributed by atoms with E-state index in [0.29, 0.717) is 12.5 Å². The number of benzene rings is 1. The average Bonchev–Trinajstić information content (AvgIpc) is 2.29. The smallest absolute Gasteiger partial charge is 0.232 e. The Morgan fingerprint density at radius 3 is 2.78 bits per heavy atom. The Kier molecular flexibility index (Phi) is 3.39. The predicted molar refractivity (Wildman–Crippen MR) is 76.5 cm³/mol. The summed E-state index contributed by atoms with van der Waals surface area (Å²) in [4.78, 5) is 12.2. The zero-order valence-corrected chi connectivity index (χ0v) is 11.5. The summed E-state index contributed by atoms with van der Waals surface area (Å²) in [7, 11) is 0. The summed E-state index contributed by atoms with van der Waals surface area (Å²) in [6.07, 6.45) is 1.03. The van der Waals surface area contributed by atoms with Crippen molar-refractivity contribution in [3.8, 4) is 0 Å². The van der Waals surface area contributed by atoms with Crippen LogP contribution in [0.1, 0.15) is 30.9 Å². The van der Waals surface area contributed by atoms with Crippen molar-refractivity contribution in [2.24, 2.45) is 11.1 Å². The van der Waals surface area contributed by atoms with E-state index in [0.717, 1.165) is 6.42 Å². The van der Waals surface area contributed by atoms with Crippen LogP contribution in [0.5, 0.6) is 0 Å². The Balaban J connectivity index is 1.92. The molecular weight excluding hydrogens is 244 g/mol. The SMILES string of the molecule is CC(C)(C(=O)NCC1Cc2ccccc21)C(N)=S.